The number of allylic oxidation sites excluding steroid dienone is 1. The van der Waals surface area contributed by atoms with Crippen molar-refractivity contribution in [2.75, 3.05) is 6.54 Å². The van der Waals surface area contributed by atoms with Gasteiger partial charge in [0.1, 0.15) is 0 Å². The number of benzene rings is 2. The van der Waals surface area contributed by atoms with Crippen LogP contribution in [-0.2, 0) is 15.4 Å². The van der Waals surface area contributed by atoms with Crippen molar-refractivity contribution in [2.24, 2.45) is 5.92 Å². The van der Waals surface area contributed by atoms with Gasteiger partial charge < -0.3 is 0 Å². The van der Waals surface area contributed by atoms with Crippen LogP contribution in [-0.4, -0.2) is 24.2 Å². The van der Waals surface area contributed by atoms with Gasteiger partial charge in [0.2, 0.25) is 0 Å². The Morgan fingerprint density at radius 3 is 2.35 bits per heavy atom. The molecule has 0 aromatic heterocycles. The van der Waals surface area contributed by atoms with E-state index in [0.29, 0.717) is 6.54 Å². The minimum atomic E-state index is -3.55. The van der Waals surface area contributed by atoms with E-state index in [1.807, 2.05) is 13.0 Å². The molecule has 2 aromatic carbocycles. The highest BCUT2D eigenvalue weighted by Crippen LogP contribution is 2.58. The van der Waals surface area contributed by atoms with E-state index in [2.05, 4.69) is 0 Å². The van der Waals surface area contributed by atoms with Crippen molar-refractivity contribution in [3.8, 4) is 0 Å². The van der Waals surface area contributed by atoms with Crippen molar-refractivity contribution in [1.82, 2.24) is 4.31 Å². The number of nitrogens with zero attached hydrogens (tertiary/aromatic N) is 2. The van der Waals surface area contributed by atoms with Crippen LogP contribution in [0.4, 0.5) is 5.69 Å². The first-order valence-electron chi connectivity index (χ1n) is 8.36. The van der Waals surface area contributed by atoms with Gasteiger partial charge in [-0.3, -0.25) is 14.4 Å². The van der Waals surface area contributed by atoms with Crippen molar-refractivity contribution < 1.29 is 13.3 Å². The van der Waals surface area contributed by atoms with E-state index in [9.17, 15) is 18.5 Å². The summed E-state index contributed by atoms with van der Waals surface area (Å²) in [6.45, 7) is 2.34. The van der Waals surface area contributed by atoms with Crippen LogP contribution in [0.25, 0.3) is 0 Å². The zero-order chi connectivity index (χ0) is 18.5. The van der Waals surface area contributed by atoms with E-state index in [-0.39, 0.29) is 21.9 Å². The Bertz CT molecular complexity index is 997. The molecule has 0 radical (unpaired) electrons. The summed E-state index contributed by atoms with van der Waals surface area (Å²) < 4.78 is 27.0. The highest BCUT2D eigenvalue weighted by molar-refractivity contribution is 7.89. The maximum absolute atomic E-state index is 12.8. The third-order valence-corrected chi connectivity index (χ3v) is 7.09. The lowest BCUT2D eigenvalue weighted by Crippen LogP contribution is -2.32. The summed E-state index contributed by atoms with van der Waals surface area (Å²) in [4.78, 5) is 10.7. The van der Waals surface area contributed by atoms with Crippen molar-refractivity contribution in [3.63, 3.8) is 0 Å². The molecule has 0 amide bonds. The lowest BCUT2D eigenvalue weighted by molar-refractivity contribution is -0.384. The number of rotatable bonds is 4. The second kappa shape index (κ2) is 5.67. The fourth-order valence-electron chi connectivity index (χ4n) is 3.64. The number of nitro benzene ring substituents is 1. The molecule has 1 aliphatic carbocycles. The van der Waals surface area contributed by atoms with Crippen LogP contribution in [0.3, 0.4) is 0 Å². The first-order chi connectivity index (χ1) is 12.3. The SMILES string of the molecule is Cc1ccc(S(=O)(=O)N2C=C[C@]3(c4ccc([N+](=O)[O-])cc4)C[C@@H]3C2)cc1. The molecular formula is C19H18N2O4S. The molecule has 6 nitrogen and oxygen atoms in total. The Hall–Kier alpha value is -2.67. The summed E-state index contributed by atoms with van der Waals surface area (Å²) in [5.41, 5.74) is 1.87. The predicted octanol–water partition coefficient (Wildman–Crippen LogP) is 3.38. The van der Waals surface area contributed by atoms with Gasteiger partial charge in [-0.05, 0) is 37.0 Å². The van der Waals surface area contributed by atoms with Crippen LogP contribution >= 0.6 is 0 Å². The number of hydrogen-bond acceptors (Lipinski definition) is 4. The zero-order valence-electron chi connectivity index (χ0n) is 14.2. The predicted molar refractivity (Wildman–Crippen MR) is 97.1 cm³/mol. The summed E-state index contributed by atoms with van der Waals surface area (Å²) in [5.74, 6) is 0.189. The first-order valence-corrected chi connectivity index (χ1v) is 9.80. The van der Waals surface area contributed by atoms with Gasteiger partial charge in [0.05, 0.1) is 9.82 Å². The second-order valence-corrected chi connectivity index (χ2v) is 8.84. The van der Waals surface area contributed by atoms with Crippen molar-refractivity contribution in [1.29, 1.82) is 0 Å². The van der Waals surface area contributed by atoms with Crippen LogP contribution in [0, 0.1) is 23.0 Å². The number of sulfonamides is 1. The number of nitro groups is 1. The van der Waals surface area contributed by atoms with E-state index < -0.39 is 14.9 Å². The van der Waals surface area contributed by atoms with Gasteiger partial charge in [0.15, 0.2) is 0 Å². The molecule has 0 bridgehead atoms. The highest BCUT2D eigenvalue weighted by atomic mass is 32.2. The van der Waals surface area contributed by atoms with Crippen LogP contribution in [0.5, 0.6) is 0 Å². The molecule has 1 heterocycles. The van der Waals surface area contributed by atoms with E-state index in [1.165, 1.54) is 16.4 Å². The minimum Gasteiger partial charge on any atom is -0.273 e. The molecule has 26 heavy (non-hydrogen) atoms. The third kappa shape index (κ3) is 2.59. The maximum Gasteiger partial charge on any atom is 0.269 e. The van der Waals surface area contributed by atoms with E-state index in [4.69, 9.17) is 0 Å². The lowest BCUT2D eigenvalue weighted by atomic mass is 9.91. The molecule has 7 heteroatoms. The number of aryl methyl sites for hydroxylation is 1. The molecule has 1 fully saturated rings. The van der Waals surface area contributed by atoms with Crippen molar-refractivity contribution in [2.45, 2.75) is 23.7 Å². The Morgan fingerprint density at radius 2 is 1.77 bits per heavy atom. The largest absolute Gasteiger partial charge is 0.273 e. The summed E-state index contributed by atoms with van der Waals surface area (Å²) in [6.07, 6.45) is 4.41. The zero-order valence-corrected chi connectivity index (χ0v) is 15.0. The topological polar surface area (TPSA) is 80.5 Å². The standard InChI is InChI=1S/C19H18N2O4S/c1-14-2-8-18(9-3-14)26(24,25)20-11-10-19(12-16(19)13-20)15-4-6-17(7-5-15)21(22)23/h2-11,16H,12-13H2,1H3/t16-,19-/m1/s1. The maximum atomic E-state index is 12.8. The molecule has 1 aliphatic heterocycles. The van der Waals surface area contributed by atoms with Crippen LogP contribution in [0.1, 0.15) is 17.5 Å². The smallest absolute Gasteiger partial charge is 0.269 e. The summed E-state index contributed by atoms with van der Waals surface area (Å²) in [6, 6.07) is 13.4. The molecule has 1 saturated carbocycles. The van der Waals surface area contributed by atoms with Crippen LogP contribution < -0.4 is 0 Å². The van der Waals surface area contributed by atoms with Gasteiger partial charge in [-0.2, -0.15) is 0 Å². The molecule has 2 aromatic rings. The first kappa shape index (κ1) is 16.8. The fraction of sp³-hybridized carbons (Fsp3) is 0.263. The molecule has 4 rings (SSSR count). The van der Waals surface area contributed by atoms with Gasteiger partial charge in [-0.1, -0.05) is 35.9 Å². The molecule has 0 N–H and O–H groups in total. The summed E-state index contributed by atoms with van der Waals surface area (Å²) in [7, 11) is -3.55. The van der Waals surface area contributed by atoms with Crippen LogP contribution in [0.15, 0.2) is 65.7 Å². The molecule has 2 aliphatic rings. The number of fused-ring (bicyclic) bond motifs is 1. The molecule has 0 spiro atoms. The molecule has 134 valence electrons. The Kier molecular flexibility index (Phi) is 3.66. The Balaban J connectivity index is 1.59. The fourth-order valence-corrected chi connectivity index (χ4v) is 4.99. The van der Waals surface area contributed by atoms with Gasteiger partial charge >= 0.3 is 0 Å². The molecule has 2 atom stereocenters. The van der Waals surface area contributed by atoms with E-state index in [0.717, 1.165) is 17.5 Å². The van der Waals surface area contributed by atoms with Gasteiger partial charge in [-0.15, -0.1) is 0 Å². The van der Waals surface area contributed by atoms with E-state index >= 15 is 0 Å². The minimum absolute atomic E-state index is 0.0608. The quantitative estimate of drug-likeness (QED) is 0.610. The third-order valence-electron chi connectivity index (χ3n) is 5.33. The number of non-ortho nitro benzene ring substituents is 1. The molecule has 0 saturated heterocycles. The monoisotopic (exact) mass is 370 g/mol. The molecular weight excluding hydrogens is 352 g/mol. The number of hydrogen-bond donors (Lipinski definition) is 0. The Labute approximate surface area is 152 Å². The van der Waals surface area contributed by atoms with Crippen molar-refractivity contribution >= 4 is 15.7 Å². The van der Waals surface area contributed by atoms with Gasteiger partial charge in [0, 0.05) is 30.3 Å². The lowest BCUT2D eigenvalue weighted by Gasteiger charge is -2.27. The van der Waals surface area contributed by atoms with Crippen LogP contribution in [0.2, 0.25) is 0 Å². The highest BCUT2D eigenvalue weighted by Gasteiger charge is 2.56. The van der Waals surface area contributed by atoms with Gasteiger partial charge in [0.25, 0.3) is 15.7 Å². The normalized spacial score (nSPS) is 24.2. The van der Waals surface area contributed by atoms with E-state index in [1.54, 1.807) is 42.6 Å². The second-order valence-electron chi connectivity index (χ2n) is 6.95. The summed E-state index contributed by atoms with van der Waals surface area (Å²) >= 11 is 0. The average Bonchev–Trinajstić information content (AvgIpc) is 3.37. The van der Waals surface area contributed by atoms with Gasteiger partial charge in [-0.25, -0.2) is 8.42 Å². The molecule has 0 unspecified atom stereocenters. The Morgan fingerprint density at radius 1 is 1.12 bits per heavy atom. The average molecular weight is 370 g/mol. The van der Waals surface area contributed by atoms with Crippen molar-refractivity contribution in [3.05, 3.63) is 82.0 Å². The summed E-state index contributed by atoms with van der Waals surface area (Å²) in [5, 5.41) is 10.8.